The lowest BCUT2D eigenvalue weighted by Gasteiger charge is -2.22. The Labute approximate surface area is 100 Å². The van der Waals surface area contributed by atoms with Gasteiger partial charge in [0.25, 0.3) is 0 Å². The van der Waals surface area contributed by atoms with Crippen molar-refractivity contribution in [3.05, 3.63) is 16.9 Å². The van der Waals surface area contributed by atoms with Crippen molar-refractivity contribution < 1.29 is 9.84 Å². The lowest BCUT2D eigenvalue weighted by Crippen LogP contribution is -2.22. The number of aliphatic hydroxyl groups excluding tert-OH is 1. The van der Waals surface area contributed by atoms with Crippen LogP contribution >= 0.6 is 11.6 Å². The molecule has 3 unspecified atom stereocenters. The monoisotopic (exact) mass is 244 g/mol. The molecule has 0 aromatic carbocycles. The molecule has 16 heavy (non-hydrogen) atoms. The minimum absolute atomic E-state index is 0.0753. The summed E-state index contributed by atoms with van der Waals surface area (Å²) >= 11 is 6.06. The van der Waals surface area contributed by atoms with Gasteiger partial charge in [0, 0.05) is 19.1 Å². The Bertz CT molecular complexity index is 367. The van der Waals surface area contributed by atoms with Gasteiger partial charge in [0.15, 0.2) is 0 Å². The van der Waals surface area contributed by atoms with Crippen LogP contribution in [0.15, 0.2) is 6.20 Å². The molecular weight excluding hydrogens is 228 g/mol. The van der Waals surface area contributed by atoms with E-state index in [0.29, 0.717) is 23.9 Å². The Kier molecular flexibility index (Phi) is 3.52. The SMILES string of the molecule is CCn1ncc(Cl)c1C(O)C1CCOC1C. The van der Waals surface area contributed by atoms with E-state index < -0.39 is 6.10 Å². The van der Waals surface area contributed by atoms with E-state index in [1.54, 1.807) is 10.9 Å². The van der Waals surface area contributed by atoms with Gasteiger partial charge in [-0.2, -0.15) is 5.10 Å². The molecule has 1 aliphatic rings. The zero-order valence-electron chi connectivity index (χ0n) is 9.56. The molecule has 1 saturated heterocycles. The molecule has 0 bridgehead atoms. The van der Waals surface area contributed by atoms with Crippen LogP contribution in [0.4, 0.5) is 0 Å². The summed E-state index contributed by atoms with van der Waals surface area (Å²) in [7, 11) is 0. The van der Waals surface area contributed by atoms with Gasteiger partial charge in [-0.15, -0.1) is 0 Å². The van der Waals surface area contributed by atoms with Gasteiger partial charge in [-0.25, -0.2) is 0 Å². The fourth-order valence-corrected chi connectivity index (χ4v) is 2.54. The first-order chi connectivity index (χ1) is 7.65. The molecule has 0 spiro atoms. The van der Waals surface area contributed by atoms with Gasteiger partial charge in [0.1, 0.15) is 6.10 Å². The highest BCUT2D eigenvalue weighted by atomic mass is 35.5. The maximum Gasteiger partial charge on any atom is 0.102 e. The van der Waals surface area contributed by atoms with Crippen molar-refractivity contribution in [3.8, 4) is 0 Å². The average molecular weight is 245 g/mol. The van der Waals surface area contributed by atoms with E-state index in [0.717, 1.165) is 6.42 Å². The zero-order chi connectivity index (χ0) is 11.7. The minimum Gasteiger partial charge on any atom is -0.386 e. The van der Waals surface area contributed by atoms with E-state index in [2.05, 4.69) is 5.10 Å². The van der Waals surface area contributed by atoms with Crippen LogP contribution < -0.4 is 0 Å². The van der Waals surface area contributed by atoms with Crippen molar-refractivity contribution in [2.45, 2.75) is 39.0 Å². The van der Waals surface area contributed by atoms with E-state index in [-0.39, 0.29) is 12.0 Å². The van der Waals surface area contributed by atoms with Gasteiger partial charge in [0.05, 0.1) is 23.0 Å². The Morgan fingerprint density at radius 1 is 1.75 bits per heavy atom. The summed E-state index contributed by atoms with van der Waals surface area (Å²) in [6.45, 7) is 5.39. The summed E-state index contributed by atoms with van der Waals surface area (Å²) in [5.41, 5.74) is 0.714. The number of aryl methyl sites for hydroxylation is 1. The molecule has 1 N–H and O–H groups in total. The third-order valence-electron chi connectivity index (χ3n) is 3.25. The third-order valence-corrected chi connectivity index (χ3v) is 3.54. The number of halogens is 1. The molecule has 0 radical (unpaired) electrons. The van der Waals surface area contributed by atoms with Gasteiger partial charge in [-0.1, -0.05) is 11.6 Å². The van der Waals surface area contributed by atoms with Crippen molar-refractivity contribution in [3.63, 3.8) is 0 Å². The normalized spacial score (nSPS) is 27.2. The highest BCUT2D eigenvalue weighted by Crippen LogP contribution is 2.35. The molecule has 1 fully saturated rings. The number of rotatable bonds is 3. The van der Waals surface area contributed by atoms with Gasteiger partial charge < -0.3 is 9.84 Å². The van der Waals surface area contributed by atoms with Gasteiger partial charge >= 0.3 is 0 Å². The number of ether oxygens (including phenoxy) is 1. The van der Waals surface area contributed by atoms with Gasteiger partial charge in [-0.05, 0) is 20.3 Å². The summed E-state index contributed by atoms with van der Waals surface area (Å²) in [5.74, 6) is 0.111. The van der Waals surface area contributed by atoms with E-state index in [4.69, 9.17) is 16.3 Å². The quantitative estimate of drug-likeness (QED) is 0.885. The molecule has 1 aromatic heterocycles. The van der Waals surface area contributed by atoms with Crippen molar-refractivity contribution in [1.29, 1.82) is 0 Å². The highest BCUT2D eigenvalue weighted by Gasteiger charge is 2.34. The zero-order valence-corrected chi connectivity index (χ0v) is 10.3. The molecule has 0 aliphatic carbocycles. The predicted octanol–water partition coefficient (Wildman–Crippen LogP) is 2.01. The molecule has 1 aliphatic heterocycles. The smallest absolute Gasteiger partial charge is 0.102 e. The maximum atomic E-state index is 10.3. The second kappa shape index (κ2) is 4.73. The Morgan fingerprint density at radius 2 is 2.50 bits per heavy atom. The standard InChI is InChI=1S/C11H17ClN2O2/c1-3-14-10(9(12)6-13-14)11(15)8-4-5-16-7(8)2/h6-8,11,15H,3-5H2,1-2H3. The topological polar surface area (TPSA) is 47.3 Å². The molecule has 5 heteroatoms. The van der Waals surface area contributed by atoms with E-state index >= 15 is 0 Å². The molecule has 90 valence electrons. The average Bonchev–Trinajstić information content (AvgIpc) is 2.83. The highest BCUT2D eigenvalue weighted by molar-refractivity contribution is 6.31. The minimum atomic E-state index is -0.590. The van der Waals surface area contributed by atoms with Crippen LogP contribution in [0, 0.1) is 5.92 Å². The summed E-state index contributed by atoms with van der Waals surface area (Å²) in [4.78, 5) is 0. The molecule has 4 nitrogen and oxygen atoms in total. The Balaban J connectivity index is 2.25. The van der Waals surface area contributed by atoms with E-state index in [9.17, 15) is 5.11 Å². The fraction of sp³-hybridized carbons (Fsp3) is 0.727. The van der Waals surface area contributed by atoms with Crippen LogP contribution in [0.3, 0.4) is 0 Å². The lowest BCUT2D eigenvalue weighted by molar-refractivity contribution is 0.0388. The molecule has 1 aromatic rings. The van der Waals surface area contributed by atoms with E-state index in [1.807, 2.05) is 13.8 Å². The number of aliphatic hydroxyl groups is 1. The van der Waals surface area contributed by atoms with Crippen molar-refractivity contribution in [2.24, 2.45) is 5.92 Å². The summed E-state index contributed by atoms with van der Waals surface area (Å²) in [6.07, 6.45) is 1.94. The van der Waals surface area contributed by atoms with Crippen LogP contribution in [0.5, 0.6) is 0 Å². The van der Waals surface area contributed by atoms with Crippen LogP contribution in [-0.4, -0.2) is 27.6 Å². The fourth-order valence-electron chi connectivity index (χ4n) is 2.28. The maximum absolute atomic E-state index is 10.3. The van der Waals surface area contributed by atoms with Crippen molar-refractivity contribution in [1.82, 2.24) is 9.78 Å². The third kappa shape index (κ3) is 1.97. The first kappa shape index (κ1) is 11.9. The molecule has 3 atom stereocenters. The summed E-state index contributed by atoms with van der Waals surface area (Å²) in [6, 6.07) is 0. The lowest BCUT2D eigenvalue weighted by atomic mass is 9.93. The van der Waals surface area contributed by atoms with Crippen LogP contribution in [0.2, 0.25) is 5.02 Å². The van der Waals surface area contributed by atoms with Crippen LogP contribution in [-0.2, 0) is 11.3 Å². The predicted molar refractivity (Wildman–Crippen MR) is 61.4 cm³/mol. The summed E-state index contributed by atoms with van der Waals surface area (Å²) in [5, 5.41) is 15.0. The molecule has 2 heterocycles. The van der Waals surface area contributed by atoms with Crippen LogP contribution in [0.25, 0.3) is 0 Å². The van der Waals surface area contributed by atoms with Gasteiger partial charge in [0.2, 0.25) is 0 Å². The second-order valence-corrected chi connectivity index (χ2v) is 4.57. The largest absolute Gasteiger partial charge is 0.386 e. The Morgan fingerprint density at radius 3 is 3.06 bits per heavy atom. The number of nitrogens with zero attached hydrogens (tertiary/aromatic N) is 2. The first-order valence-electron chi connectivity index (χ1n) is 5.66. The Hall–Kier alpha value is -0.580. The summed E-state index contributed by atoms with van der Waals surface area (Å²) < 4.78 is 7.21. The second-order valence-electron chi connectivity index (χ2n) is 4.17. The van der Waals surface area contributed by atoms with E-state index in [1.165, 1.54) is 0 Å². The molecule has 0 amide bonds. The van der Waals surface area contributed by atoms with Crippen molar-refractivity contribution in [2.75, 3.05) is 6.61 Å². The first-order valence-corrected chi connectivity index (χ1v) is 6.03. The molecular formula is C11H17ClN2O2. The number of hydrogen-bond donors (Lipinski definition) is 1. The van der Waals surface area contributed by atoms with Crippen molar-refractivity contribution >= 4 is 11.6 Å². The molecule has 0 saturated carbocycles. The van der Waals surface area contributed by atoms with Gasteiger partial charge in [-0.3, -0.25) is 4.68 Å². The number of aromatic nitrogens is 2. The number of hydrogen-bond acceptors (Lipinski definition) is 3. The van der Waals surface area contributed by atoms with Crippen LogP contribution in [0.1, 0.15) is 32.1 Å². The molecule has 2 rings (SSSR count).